The molecule has 2 saturated heterocycles. The Balaban J connectivity index is 1.28. The van der Waals surface area contributed by atoms with Crippen LogP contribution >= 0.6 is 0 Å². The Morgan fingerprint density at radius 3 is 2.21 bits per heavy atom. The van der Waals surface area contributed by atoms with Crippen molar-refractivity contribution in [3.8, 4) is 11.5 Å². The van der Waals surface area contributed by atoms with Gasteiger partial charge in [-0.25, -0.2) is 4.90 Å². The zero-order valence-electron chi connectivity index (χ0n) is 18.7. The van der Waals surface area contributed by atoms with E-state index >= 15 is 0 Å². The van der Waals surface area contributed by atoms with E-state index < -0.39 is 11.9 Å². The van der Waals surface area contributed by atoms with Gasteiger partial charge in [0, 0.05) is 24.7 Å². The van der Waals surface area contributed by atoms with Crippen molar-refractivity contribution in [2.45, 2.75) is 19.3 Å². The fourth-order valence-corrected chi connectivity index (χ4v) is 4.82. The van der Waals surface area contributed by atoms with Crippen LogP contribution in [0.1, 0.15) is 19.3 Å². The van der Waals surface area contributed by atoms with E-state index in [4.69, 9.17) is 9.47 Å². The molecule has 3 amide bonds. The molecule has 0 unspecified atom stereocenters. The van der Waals surface area contributed by atoms with Gasteiger partial charge in [0.1, 0.15) is 11.5 Å². The smallest absolute Gasteiger partial charge is 0.316 e. The van der Waals surface area contributed by atoms with Gasteiger partial charge >= 0.3 is 5.97 Å². The SMILES string of the molecule is COc1ccc(N2C[C@@H](C(=O)Oc3cccc(N4C(=O)[C@H]5CC=CC[C@H]5C4=O)c3)CC2=O)cc1. The van der Waals surface area contributed by atoms with Crippen LogP contribution in [0.5, 0.6) is 11.5 Å². The molecule has 0 N–H and O–H groups in total. The van der Waals surface area contributed by atoms with E-state index in [0.29, 0.717) is 30.0 Å². The van der Waals surface area contributed by atoms with Gasteiger partial charge in [-0.1, -0.05) is 18.2 Å². The summed E-state index contributed by atoms with van der Waals surface area (Å²) in [5, 5.41) is 0. The third-order valence-corrected chi connectivity index (χ3v) is 6.64. The number of allylic oxidation sites excluding steroid dienone is 2. The molecule has 2 fully saturated rings. The van der Waals surface area contributed by atoms with Crippen LogP contribution in [0.4, 0.5) is 11.4 Å². The summed E-state index contributed by atoms with van der Waals surface area (Å²) in [4.78, 5) is 53.8. The van der Waals surface area contributed by atoms with Gasteiger partial charge in [-0.15, -0.1) is 0 Å². The molecule has 0 saturated carbocycles. The number of esters is 1. The van der Waals surface area contributed by atoms with Crippen molar-refractivity contribution in [1.82, 2.24) is 0 Å². The van der Waals surface area contributed by atoms with Gasteiger partial charge < -0.3 is 14.4 Å². The van der Waals surface area contributed by atoms with Crippen LogP contribution in [0, 0.1) is 17.8 Å². The van der Waals surface area contributed by atoms with Gasteiger partial charge in [-0.05, 0) is 49.2 Å². The van der Waals surface area contributed by atoms with Crippen molar-refractivity contribution in [1.29, 1.82) is 0 Å². The third kappa shape index (κ3) is 3.85. The number of rotatable bonds is 5. The first-order valence-electron chi connectivity index (χ1n) is 11.2. The number of imide groups is 1. The molecular weight excluding hydrogens is 436 g/mol. The van der Waals surface area contributed by atoms with Gasteiger partial charge in [0.05, 0.1) is 30.6 Å². The van der Waals surface area contributed by atoms with Crippen molar-refractivity contribution >= 4 is 35.1 Å². The molecule has 0 spiro atoms. The van der Waals surface area contributed by atoms with Crippen LogP contribution in [0.3, 0.4) is 0 Å². The second-order valence-electron chi connectivity index (χ2n) is 8.69. The van der Waals surface area contributed by atoms with Crippen molar-refractivity contribution in [2.24, 2.45) is 17.8 Å². The number of ether oxygens (including phenoxy) is 2. The van der Waals surface area contributed by atoms with Crippen LogP contribution in [0.25, 0.3) is 0 Å². The normalized spacial score (nSPS) is 23.9. The second-order valence-corrected chi connectivity index (χ2v) is 8.69. The Kier molecular flexibility index (Phi) is 5.65. The quantitative estimate of drug-likeness (QED) is 0.295. The number of hydrogen-bond donors (Lipinski definition) is 0. The monoisotopic (exact) mass is 460 g/mol. The van der Waals surface area contributed by atoms with Gasteiger partial charge in [0.2, 0.25) is 17.7 Å². The zero-order chi connectivity index (χ0) is 23.8. The molecule has 2 aromatic carbocycles. The summed E-state index contributed by atoms with van der Waals surface area (Å²) in [5.41, 5.74) is 1.07. The van der Waals surface area contributed by atoms with E-state index in [-0.39, 0.29) is 48.3 Å². The molecule has 8 nitrogen and oxygen atoms in total. The summed E-state index contributed by atoms with van der Waals surface area (Å²) in [6.45, 7) is 0.211. The fourth-order valence-electron chi connectivity index (χ4n) is 4.82. The molecule has 3 atom stereocenters. The van der Waals surface area contributed by atoms with Gasteiger partial charge in [0.25, 0.3) is 0 Å². The predicted octanol–water partition coefficient (Wildman–Crippen LogP) is 3.11. The topological polar surface area (TPSA) is 93.2 Å². The molecule has 5 rings (SSSR count). The highest BCUT2D eigenvalue weighted by Crippen LogP contribution is 2.38. The first kappa shape index (κ1) is 21.9. The molecule has 3 aliphatic rings. The number of carbonyl (C=O) groups is 4. The molecule has 0 bridgehead atoms. The van der Waals surface area contributed by atoms with E-state index in [1.165, 1.54) is 11.0 Å². The van der Waals surface area contributed by atoms with Crippen molar-refractivity contribution in [3.05, 3.63) is 60.7 Å². The van der Waals surface area contributed by atoms with Crippen molar-refractivity contribution in [2.75, 3.05) is 23.5 Å². The average Bonchev–Trinajstić information content (AvgIpc) is 3.37. The minimum absolute atomic E-state index is 0.0456. The minimum atomic E-state index is -0.623. The van der Waals surface area contributed by atoms with E-state index in [9.17, 15) is 19.2 Å². The maximum Gasteiger partial charge on any atom is 0.316 e. The predicted molar refractivity (Wildman–Crippen MR) is 123 cm³/mol. The molecule has 0 radical (unpaired) electrons. The molecule has 2 aromatic rings. The Morgan fingerprint density at radius 2 is 1.56 bits per heavy atom. The number of benzene rings is 2. The summed E-state index contributed by atoms with van der Waals surface area (Å²) in [7, 11) is 1.57. The van der Waals surface area contributed by atoms with Gasteiger partial charge in [-0.3, -0.25) is 19.2 Å². The molecule has 174 valence electrons. The summed E-state index contributed by atoms with van der Waals surface area (Å²) in [6, 6.07) is 13.5. The minimum Gasteiger partial charge on any atom is -0.497 e. The lowest BCUT2D eigenvalue weighted by Gasteiger charge is -2.17. The highest BCUT2D eigenvalue weighted by atomic mass is 16.5. The lowest BCUT2D eigenvalue weighted by atomic mass is 9.85. The maximum atomic E-state index is 12.9. The van der Waals surface area contributed by atoms with Crippen molar-refractivity contribution < 1.29 is 28.7 Å². The van der Waals surface area contributed by atoms with E-state index in [2.05, 4.69) is 0 Å². The number of nitrogens with zero attached hydrogens (tertiary/aromatic N) is 2. The van der Waals surface area contributed by atoms with E-state index in [1.54, 1.807) is 54.5 Å². The number of amides is 3. The molecule has 8 heteroatoms. The maximum absolute atomic E-state index is 12.9. The largest absolute Gasteiger partial charge is 0.497 e. The average molecular weight is 460 g/mol. The Labute approximate surface area is 196 Å². The number of carbonyl (C=O) groups excluding carboxylic acids is 4. The molecule has 2 aliphatic heterocycles. The number of methoxy groups -OCH3 is 1. The highest BCUT2D eigenvalue weighted by molar-refractivity contribution is 6.22. The first-order valence-corrected chi connectivity index (χ1v) is 11.2. The summed E-state index contributed by atoms with van der Waals surface area (Å²) >= 11 is 0. The first-order chi connectivity index (χ1) is 16.5. The fraction of sp³-hybridized carbons (Fsp3) is 0.308. The number of anilines is 2. The zero-order valence-corrected chi connectivity index (χ0v) is 18.7. The Bertz CT molecular complexity index is 1160. The summed E-state index contributed by atoms with van der Waals surface area (Å²) in [6.07, 6.45) is 5.03. The molecule has 34 heavy (non-hydrogen) atoms. The van der Waals surface area contributed by atoms with Crippen LogP contribution in [-0.2, 0) is 19.2 Å². The highest BCUT2D eigenvalue weighted by Gasteiger charge is 2.48. The standard InChI is InChI=1S/C26H24N2O6/c1-33-19-11-9-17(10-12-19)27-15-16(13-23(27)29)26(32)34-20-6-4-5-18(14-20)28-24(30)21-7-2-3-8-22(21)25(28)31/h2-6,9-12,14,16,21-22H,7-8,13,15H2,1H3/t16-,21-,22+/m0/s1. The van der Waals surface area contributed by atoms with Crippen LogP contribution < -0.4 is 19.3 Å². The second kappa shape index (κ2) is 8.78. The molecule has 0 aromatic heterocycles. The lowest BCUT2D eigenvalue weighted by Crippen LogP contribution is -2.31. The molecule has 1 aliphatic carbocycles. The Hall–Kier alpha value is -3.94. The molecule has 2 heterocycles. The lowest BCUT2D eigenvalue weighted by molar-refractivity contribution is -0.139. The van der Waals surface area contributed by atoms with Gasteiger partial charge in [-0.2, -0.15) is 0 Å². The van der Waals surface area contributed by atoms with Crippen LogP contribution in [-0.4, -0.2) is 37.3 Å². The molecular formula is C26H24N2O6. The van der Waals surface area contributed by atoms with Crippen molar-refractivity contribution in [3.63, 3.8) is 0 Å². The Morgan fingerprint density at radius 1 is 0.882 bits per heavy atom. The summed E-state index contributed by atoms with van der Waals surface area (Å²) < 4.78 is 10.7. The van der Waals surface area contributed by atoms with Gasteiger partial charge in [0.15, 0.2) is 0 Å². The third-order valence-electron chi connectivity index (χ3n) is 6.64. The summed E-state index contributed by atoms with van der Waals surface area (Å²) in [5.74, 6) is -1.53. The number of fused-ring (bicyclic) bond motifs is 1. The van der Waals surface area contributed by atoms with Crippen LogP contribution in [0.15, 0.2) is 60.7 Å². The number of hydrogen-bond acceptors (Lipinski definition) is 6. The van der Waals surface area contributed by atoms with Crippen LogP contribution in [0.2, 0.25) is 0 Å². The van der Waals surface area contributed by atoms with E-state index in [0.717, 1.165) is 0 Å². The van der Waals surface area contributed by atoms with E-state index in [1.807, 2.05) is 12.2 Å².